The number of hydrogen-bond acceptors (Lipinski definition) is 2. The minimum absolute atomic E-state index is 0.330. The van der Waals surface area contributed by atoms with E-state index in [0.29, 0.717) is 11.3 Å². The molecular weight excluding hydrogens is 232 g/mol. The Morgan fingerprint density at radius 1 is 1.12 bits per heavy atom. The fourth-order valence-corrected chi connectivity index (χ4v) is 2.27. The highest BCUT2D eigenvalue weighted by Gasteiger charge is 2.36. The summed E-state index contributed by atoms with van der Waals surface area (Å²) in [5.41, 5.74) is 3.45. The van der Waals surface area contributed by atoms with Crippen molar-refractivity contribution in [2.24, 2.45) is 0 Å². The lowest BCUT2D eigenvalue weighted by atomic mass is 10.1. The van der Waals surface area contributed by atoms with E-state index in [1.807, 2.05) is 19.3 Å². The Balaban J connectivity index is 1.86. The predicted octanol–water partition coefficient (Wildman–Crippen LogP) is 3.55. The standard InChI is InChI=1S/C14H13ClN2/c1-9-7-16-14(17-8-9)11-4-2-10(3-5-11)12-6-13(12)15/h2-5,7-8,12-13H,6H2,1H3. The Morgan fingerprint density at radius 2 is 1.71 bits per heavy atom. The smallest absolute Gasteiger partial charge is 0.159 e. The molecule has 1 aliphatic rings. The quantitative estimate of drug-likeness (QED) is 0.755. The summed E-state index contributed by atoms with van der Waals surface area (Å²) in [7, 11) is 0. The minimum atomic E-state index is 0.330. The van der Waals surface area contributed by atoms with E-state index >= 15 is 0 Å². The van der Waals surface area contributed by atoms with E-state index in [9.17, 15) is 0 Å². The fourth-order valence-electron chi connectivity index (χ4n) is 1.93. The van der Waals surface area contributed by atoms with Gasteiger partial charge in [-0.05, 0) is 24.5 Å². The summed E-state index contributed by atoms with van der Waals surface area (Å²) in [5, 5.41) is 0.330. The number of hydrogen-bond donors (Lipinski definition) is 0. The van der Waals surface area contributed by atoms with E-state index < -0.39 is 0 Å². The molecule has 3 rings (SSSR count). The van der Waals surface area contributed by atoms with Crippen molar-refractivity contribution in [3.63, 3.8) is 0 Å². The highest BCUT2D eigenvalue weighted by atomic mass is 35.5. The second kappa shape index (κ2) is 4.11. The van der Waals surface area contributed by atoms with Gasteiger partial charge < -0.3 is 0 Å². The maximum absolute atomic E-state index is 6.04. The van der Waals surface area contributed by atoms with Crippen LogP contribution in [0, 0.1) is 6.92 Å². The van der Waals surface area contributed by atoms with Gasteiger partial charge in [0, 0.05) is 29.3 Å². The molecule has 2 atom stereocenters. The molecule has 1 aromatic heterocycles. The molecule has 1 fully saturated rings. The Bertz CT molecular complexity index is 519. The zero-order valence-corrected chi connectivity index (χ0v) is 10.4. The molecule has 0 amide bonds. The van der Waals surface area contributed by atoms with Crippen molar-refractivity contribution in [1.82, 2.24) is 9.97 Å². The molecule has 1 saturated carbocycles. The van der Waals surface area contributed by atoms with E-state index in [1.54, 1.807) is 0 Å². The van der Waals surface area contributed by atoms with Crippen LogP contribution in [-0.4, -0.2) is 15.3 Å². The van der Waals surface area contributed by atoms with Crippen LogP contribution < -0.4 is 0 Å². The van der Waals surface area contributed by atoms with Crippen LogP contribution in [0.1, 0.15) is 23.5 Å². The van der Waals surface area contributed by atoms with E-state index in [4.69, 9.17) is 11.6 Å². The van der Waals surface area contributed by atoms with E-state index in [-0.39, 0.29) is 0 Å². The van der Waals surface area contributed by atoms with Crippen molar-refractivity contribution in [1.29, 1.82) is 0 Å². The first-order valence-electron chi connectivity index (χ1n) is 5.77. The van der Waals surface area contributed by atoms with E-state index in [0.717, 1.165) is 23.4 Å². The van der Waals surface area contributed by atoms with Crippen molar-refractivity contribution < 1.29 is 0 Å². The van der Waals surface area contributed by atoms with Crippen molar-refractivity contribution in [2.45, 2.75) is 24.6 Å². The van der Waals surface area contributed by atoms with Crippen LogP contribution in [0.25, 0.3) is 11.4 Å². The lowest BCUT2D eigenvalue weighted by Crippen LogP contribution is -1.90. The summed E-state index contributed by atoms with van der Waals surface area (Å²) in [6.45, 7) is 1.99. The molecule has 3 heteroatoms. The fraction of sp³-hybridized carbons (Fsp3) is 0.286. The van der Waals surface area contributed by atoms with Gasteiger partial charge in [-0.15, -0.1) is 11.6 Å². The molecule has 1 heterocycles. The SMILES string of the molecule is Cc1cnc(-c2ccc(C3CC3Cl)cc2)nc1. The van der Waals surface area contributed by atoms with Crippen molar-refractivity contribution in [3.05, 3.63) is 47.8 Å². The molecule has 0 spiro atoms. The number of alkyl halides is 1. The highest BCUT2D eigenvalue weighted by molar-refractivity contribution is 6.23. The van der Waals surface area contributed by atoms with Gasteiger partial charge >= 0.3 is 0 Å². The Labute approximate surface area is 106 Å². The Kier molecular flexibility index (Phi) is 2.60. The Hall–Kier alpha value is -1.41. The molecule has 17 heavy (non-hydrogen) atoms. The molecule has 2 nitrogen and oxygen atoms in total. The molecular formula is C14H13ClN2. The van der Waals surface area contributed by atoms with Gasteiger partial charge in [0.15, 0.2) is 5.82 Å². The molecule has 1 aromatic carbocycles. The number of benzene rings is 1. The van der Waals surface area contributed by atoms with Gasteiger partial charge in [-0.1, -0.05) is 24.3 Å². The van der Waals surface area contributed by atoms with Crippen LogP contribution in [0.4, 0.5) is 0 Å². The van der Waals surface area contributed by atoms with Crippen LogP contribution in [0.2, 0.25) is 0 Å². The normalized spacial score (nSPS) is 22.5. The summed E-state index contributed by atoms with van der Waals surface area (Å²) in [4.78, 5) is 8.63. The van der Waals surface area contributed by atoms with Gasteiger partial charge in [0.05, 0.1) is 0 Å². The number of halogens is 1. The zero-order valence-electron chi connectivity index (χ0n) is 9.60. The van der Waals surface area contributed by atoms with Crippen LogP contribution in [0.3, 0.4) is 0 Å². The summed E-state index contributed by atoms with van der Waals surface area (Å²) in [6, 6.07) is 8.40. The number of aromatic nitrogens is 2. The molecule has 0 aliphatic heterocycles. The first-order valence-corrected chi connectivity index (χ1v) is 6.21. The van der Waals surface area contributed by atoms with Gasteiger partial charge in [0.1, 0.15) is 0 Å². The average Bonchev–Trinajstić information content (AvgIpc) is 3.08. The highest BCUT2D eigenvalue weighted by Crippen LogP contribution is 2.45. The van der Waals surface area contributed by atoms with Crippen LogP contribution >= 0.6 is 11.6 Å². The minimum Gasteiger partial charge on any atom is -0.236 e. The third-order valence-corrected chi connectivity index (χ3v) is 3.57. The molecule has 2 unspecified atom stereocenters. The summed E-state index contributed by atoms with van der Waals surface area (Å²) >= 11 is 6.04. The van der Waals surface area contributed by atoms with E-state index in [2.05, 4.69) is 34.2 Å². The monoisotopic (exact) mass is 244 g/mol. The third-order valence-electron chi connectivity index (χ3n) is 3.09. The average molecular weight is 245 g/mol. The number of nitrogens with zero attached hydrogens (tertiary/aromatic N) is 2. The lowest BCUT2D eigenvalue weighted by molar-refractivity contribution is 1.12. The van der Waals surface area contributed by atoms with Crippen molar-refractivity contribution in [2.75, 3.05) is 0 Å². The second-order valence-corrected chi connectivity index (χ2v) is 5.12. The maximum Gasteiger partial charge on any atom is 0.159 e. The summed E-state index contributed by atoms with van der Waals surface area (Å²) in [5.74, 6) is 1.32. The summed E-state index contributed by atoms with van der Waals surface area (Å²) in [6.07, 6.45) is 4.78. The zero-order chi connectivity index (χ0) is 11.8. The Morgan fingerprint density at radius 3 is 2.24 bits per heavy atom. The predicted molar refractivity (Wildman–Crippen MR) is 69.2 cm³/mol. The van der Waals surface area contributed by atoms with Crippen molar-refractivity contribution in [3.8, 4) is 11.4 Å². The lowest BCUT2D eigenvalue weighted by Gasteiger charge is -2.02. The molecule has 2 aromatic rings. The van der Waals surface area contributed by atoms with Crippen LogP contribution in [0.5, 0.6) is 0 Å². The first kappa shape index (κ1) is 10.7. The summed E-state index contributed by atoms with van der Waals surface area (Å²) < 4.78 is 0. The molecule has 0 bridgehead atoms. The van der Waals surface area contributed by atoms with Gasteiger partial charge in [-0.3, -0.25) is 0 Å². The van der Waals surface area contributed by atoms with Gasteiger partial charge in [-0.25, -0.2) is 9.97 Å². The molecule has 86 valence electrons. The van der Waals surface area contributed by atoms with Crippen LogP contribution in [-0.2, 0) is 0 Å². The maximum atomic E-state index is 6.04. The molecule has 0 N–H and O–H groups in total. The number of rotatable bonds is 2. The molecule has 0 radical (unpaired) electrons. The topological polar surface area (TPSA) is 25.8 Å². The largest absolute Gasteiger partial charge is 0.236 e. The first-order chi connectivity index (χ1) is 8.24. The molecule has 1 aliphatic carbocycles. The van der Waals surface area contributed by atoms with Gasteiger partial charge in [-0.2, -0.15) is 0 Å². The molecule has 0 saturated heterocycles. The third kappa shape index (κ3) is 2.18. The number of aryl methyl sites for hydroxylation is 1. The van der Waals surface area contributed by atoms with Crippen molar-refractivity contribution >= 4 is 11.6 Å². The van der Waals surface area contributed by atoms with Gasteiger partial charge in [0.2, 0.25) is 0 Å². The van der Waals surface area contributed by atoms with Gasteiger partial charge in [0.25, 0.3) is 0 Å². The van der Waals surface area contributed by atoms with Crippen LogP contribution in [0.15, 0.2) is 36.7 Å². The second-order valence-electron chi connectivity index (χ2n) is 4.56. The van der Waals surface area contributed by atoms with E-state index in [1.165, 1.54) is 5.56 Å².